The third kappa shape index (κ3) is 3.61. The van der Waals surface area contributed by atoms with E-state index < -0.39 is 18.2 Å². The Morgan fingerprint density at radius 2 is 1.81 bits per heavy atom. The van der Waals surface area contributed by atoms with E-state index in [2.05, 4.69) is 21.2 Å². The number of aryl methyl sites for hydroxylation is 2. The van der Waals surface area contributed by atoms with Gasteiger partial charge in [-0.15, -0.1) is 0 Å². The summed E-state index contributed by atoms with van der Waals surface area (Å²) in [5.41, 5.74) is 3.21. The molecule has 0 fully saturated rings. The number of ether oxygens (including phenoxy) is 2. The molecule has 1 heterocycles. The predicted molar refractivity (Wildman–Crippen MR) is 102 cm³/mol. The highest BCUT2D eigenvalue weighted by atomic mass is 79.9. The number of anilines is 1. The van der Waals surface area contributed by atoms with Gasteiger partial charge in [0.25, 0.3) is 6.29 Å². The Bertz CT molecular complexity index is 905. The van der Waals surface area contributed by atoms with Crippen LogP contribution >= 0.6 is 27.5 Å². The number of nitrogens with one attached hydrogen (secondary N) is 1. The first-order valence-electron chi connectivity index (χ1n) is 7.78. The molecule has 7 heteroatoms. The smallest absolute Gasteiger partial charge is 0.355 e. The zero-order chi connectivity index (χ0) is 18.8. The second-order valence-electron chi connectivity index (χ2n) is 5.74. The zero-order valence-corrected chi connectivity index (χ0v) is 16.3. The fraction of sp³-hybridized carbons (Fsp3) is 0.158. The molecule has 3 rings (SSSR count). The molecule has 0 bridgehead atoms. The Morgan fingerprint density at radius 3 is 2.46 bits per heavy atom. The summed E-state index contributed by atoms with van der Waals surface area (Å²) in [7, 11) is 0. The summed E-state index contributed by atoms with van der Waals surface area (Å²) in [4.78, 5) is 24.3. The van der Waals surface area contributed by atoms with Crippen LogP contribution in [0.3, 0.4) is 0 Å². The summed E-state index contributed by atoms with van der Waals surface area (Å²) in [6.45, 7) is 3.84. The van der Waals surface area contributed by atoms with Gasteiger partial charge in [-0.2, -0.15) is 0 Å². The largest absolute Gasteiger partial charge is 0.415 e. The summed E-state index contributed by atoms with van der Waals surface area (Å²) in [6.07, 6.45) is -1.24. The van der Waals surface area contributed by atoms with Gasteiger partial charge < -0.3 is 14.8 Å². The van der Waals surface area contributed by atoms with E-state index in [-0.39, 0.29) is 10.7 Å². The van der Waals surface area contributed by atoms with Crippen molar-refractivity contribution in [3.63, 3.8) is 0 Å². The number of carbonyl (C=O) groups excluding carboxylic acids is 2. The molecule has 1 N–H and O–H groups in total. The van der Waals surface area contributed by atoms with Gasteiger partial charge in [0, 0.05) is 10.2 Å². The van der Waals surface area contributed by atoms with Crippen LogP contribution in [0.4, 0.5) is 5.69 Å². The first-order chi connectivity index (χ1) is 12.4. The molecule has 1 atom stereocenters. The minimum atomic E-state index is -1.24. The Morgan fingerprint density at radius 1 is 1.15 bits per heavy atom. The number of halogens is 2. The standard InChI is InChI=1S/C19H15BrClNO4/c1-10-6-5-7-11(2)15(10)22-16-14(21)18(24)26-19(16)25-17(23)12-8-3-4-9-13(12)20/h3-9,19,22H,1-2H3/t19-/m0/s1. The van der Waals surface area contributed by atoms with Crippen LogP contribution in [0.1, 0.15) is 21.5 Å². The Labute approximate surface area is 164 Å². The summed E-state index contributed by atoms with van der Waals surface area (Å²) in [5.74, 6) is -1.38. The van der Waals surface area contributed by atoms with E-state index in [1.165, 1.54) is 0 Å². The topological polar surface area (TPSA) is 64.6 Å². The van der Waals surface area contributed by atoms with Crippen LogP contribution < -0.4 is 5.32 Å². The average molecular weight is 437 g/mol. The number of esters is 2. The first-order valence-corrected chi connectivity index (χ1v) is 8.95. The van der Waals surface area contributed by atoms with E-state index in [9.17, 15) is 9.59 Å². The first kappa shape index (κ1) is 18.5. The second-order valence-corrected chi connectivity index (χ2v) is 6.97. The van der Waals surface area contributed by atoms with Gasteiger partial charge in [0.1, 0.15) is 5.70 Å². The lowest BCUT2D eigenvalue weighted by Crippen LogP contribution is -2.24. The summed E-state index contributed by atoms with van der Waals surface area (Å²) in [6, 6.07) is 12.6. The minimum absolute atomic E-state index is 0.141. The maximum Gasteiger partial charge on any atom is 0.355 e. The van der Waals surface area contributed by atoms with Gasteiger partial charge in [0.2, 0.25) is 0 Å². The molecule has 1 aliphatic rings. The van der Waals surface area contributed by atoms with Gasteiger partial charge in [-0.1, -0.05) is 41.9 Å². The molecule has 0 saturated heterocycles. The fourth-order valence-corrected chi connectivity index (χ4v) is 3.18. The SMILES string of the molecule is Cc1cccc(C)c1NC1=C(Cl)C(=O)O[C@@H]1OC(=O)c1ccccc1Br. The van der Waals surface area contributed by atoms with Crippen molar-refractivity contribution in [3.05, 3.63) is 74.4 Å². The van der Waals surface area contributed by atoms with Crippen LogP contribution in [0, 0.1) is 13.8 Å². The molecule has 26 heavy (non-hydrogen) atoms. The van der Waals surface area contributed by atoms with Crippen molar-refractivity contribution in [2.75, 3.05) is 5.32 Å². The Hall–Kier alpha value is -2.31. The van der Waals surface area contributed by atoms with Gasteiger partial charge in [0.05, 0.1) is 5.56 Å². The number of cyclic esters (lactones) is 1. The van der Waals surface area contributed by atoms with E-state index in [0.29, 0.717) is 10.0 Å². The molecule has 2 aromatic rings. The molecule has 134 valence electrons. The highest BCUT2D eigenvalue weighted by molar-refractivity contribution is 9.10. The third-order valence-corrected chi connectivity index (χ3v) is 4.96. The van der Waals surface area contributed by atoms with Gasteiger partial charge in [-0.05, 0) is 53.0 Å². The maximum absolute atomic E-state index is 12.4. The van der Waals surface area contributed by atoms with Crippen molar-refractivity contribution < 1.29 is 19.1 Å². The molecule has 0 amide bonds. The normalized spacial score (nSPS) is 16.5. The molecule has 0 unspecified atom stereocenters. The van der Waals surface area contributed by atoms with E-state index in [0.717, 1.165) is 16.8 Å². The lowest BCUT2D eigenvalue weighted by atomic mass is 10.1. The third-order valence-electron chi connectivity index (χ3n) is 3.91. The van der Waals surface area contributed by atoms with E-state index in [4.69, 9.17) is 21.1 Å². The highest BCUT2D eigenvalue weighted by Gasteiger charge is 2.37. The maximum atomic E-state index is 12.4. The Kier molecular flexibility index (Phi) is 5.34. The molecule has 5 nitrogen and oxygen atoms in total. The highest BCUT2D eigenvalue weighted by Crippen LogP contribution is 2.31. The quantitative estimate of drug-likeness (QED) is 0.706. The average Bonchev–Trinajstić information content (AvgIpc) is 2.85. The van der Waals surface area contributed by atoms with Gasteiger partial charge in [-0.3, -0.25) is 0 Å². The van der Waals surface area contributed by atoms with Gasteiger partial charge in [0.15, 0.2) is 5.03 Å². The number of carbonyl (C=O) groups is 2. The molecule has 0 radical (unpaired) electrons. The molecule has 2 aromatic carbocycles. The molecular formula is C19H15BrClNO4. The van der Waals surface area contributed by atoms with Crippen molar-refractivity contribution in [3.8, 4) is 0 Å². The molecular weight excluding hydrogens is 422 g/mol. The number of benzene rings is 2. The van der Waals surface area contributed by atoms with Crippen molar-refractivity contribution >= 4 is 45.2 Å². The van der Waals surface area contributed by atoms with Gasteiger partial charge in [-0.25, -0.2) is 9.59 Å². The molecule has 0 saturated carbocycles. The molecule has 0 aromatic heterocycles. The van der Waals surface area contributed by atoms with E-state index in [1.54, 1.807) is 24.3 Å². The van der Waals surface area contributed by atoms with E-state index >= 15 is 0 Å². The van der Waals surface area contributed by atoms with Crippen molar-refractivity contribution in [1.82, 2.24) is 0 Å². The summed E-state index contributed by atoms with van der Waals surface area (Å²) in [5, 5.41) is 2.95. The lowest BCUT2D eigenvalue weighted by Gasteiger charge is -2.18. The van der Waals surface area contributed by atoms with Crippen LogP contribution in [0.15, 0.2) is 57.7 Å². The van der Waals surface area contributed by atoms with Crippen molar-refractivity contribution in [2.24, 2.45) is 0 Å². The predicted octanol–water partition coefficient (Wildman–Crippen LogP) is 4.67. The lowest BCUT2D eigenvalue weighted by molar-refractivity contribution is -0.152. The van der Waals surface area contributed by atoms with Crippen LogP contribution in [-0.2, 0) is 14.3 Å². The Balaban J connectivity index is 1.87. The number of rotatable bonds is 4. The molecule has 0 aliphatic carbocycles. The second kappa shape index (κ2) is 7.51. The number of hydrogen-bond acceptors (Lipinski definition) is 5. The summed E-state index contributed by atoms with van der Waals surface area (Å²) >= 11 is 9.38. The number of para-hydroxylation sites is 1. The summed E-state index contributed by atoms with van der Waals surface area (Å²) < 4.78 is 11.0. The van der Waals surface area contributed by atoms with Crippen molar-refractivity contribution in [2.45, 2.75) is 20.1 Å². The van der Waals surface area contributed by atoms with E-state index in [1.807, 2.05) is 32.0 Å². The van der Waals surface area contributed by atoms with Crippen LogP contribution in [0.2, 0.25) is 0 Å². The molecule has 0 spiro atoms. The minimum Gasteiger partial charge on any atom is -0.415 e. The zero-order valence-electron chi connectivity index (χ0n) is 14.0. The molecule has 1 aliphatic heterocycles. The van der Waals surface area contributed by atoms with Crippen molar-refractivity contribution in [1.29, 1.82) is 0 Å². The van der Waals surface area contributed by atoms with Crippen LogP contribution in [0.5, 0.6) is 0 Å². The van der Waals surface area contributed by atoms with Crippen LogP contribution in [0.25, 0.3) is 0 Å². The fourth-order valence-electron chi connectivity index (χ4n) is 2.55. The monoisotopic (exact) mass is 435 g/mol. The van der Waals surface area contributed by atoms with Gasteiger partial charge >= 0.3 is 11.9 Å². The number of hydrogen-bond donors (Lipinski definition) is 1. The van der Waals surface area contributed by atoms with Crippen LogP contribution in [-0.4, -0.2) is 18.2 Å².